The van der Waals surface area contributed by atoms with Crippen LogP contribution in [0.25, 0.3) is 0 Å². The van der Waals surface area contributed by atoms with Gasteiger partial charge in [0.15, 0.2) is 0 Å². The normalized spacial score (nSPS) is 19.8. The number of aromatic nitrogens is 1. The monoisotopic (exact) mass is 328 g/mol. The van der Waals surface area contributed by atoms with Crippen LogP contribution in [0.2, 0.25) is 0 Å². The predicted octanol–water partition coefficient (Wildman–Crippen LogP) is 3.89. The number of carbonyl (C=O) groups excluding carboxylic acids is 2. The van der Waals surface area contributed by atoms with E-state index in [1.807, 2.05) is 6.08 Å². The van der Waals surface area contributed by atoms with Gasteiger partial charge in [-0.05, 0) is 57.1 Å². The first-order valence-electron chi connectivity index (χ1n) is 8.57. The first-order chi connectivity index (χ1) is 11.5. The first kappa shape index (κ1) is 16.6. The summed E-state index contributed by atoms with van der Waals surface area (Å²) in [4.78, 5) is 27.4. The van der Waals surface area contributed by atoms with Crippen molar-refractivity contribution >= 4 is 17.7 Å². The molecule has 0 spiro atoms. The highest BCUT2D eigenvalue weighted by Crippen LogP contribution is 2.38. The van der Waals surface area contributed by atoms with Gasteiger partial charge in [0.1, 0.15) is 5.82 Å². The number of hydrogen-bond donors (Lipinski definition) is 2. The van der Waals surface area contributed by atoms with E-state index < -0.39 is 0 Å². The number of ether oxygens (including phenoxy) is 1. The van der Waals surface area contributed by atoms with E-state index in [1.165, 1.54) is 17.6 Å². The third-order valence-electron chi connectivity index (χ3n) is 4.76. The van der Waals surface area contributed by atoms with Gasteiger partial charge >= 0.3 is 5.97 Å². The molecule has 1 atom stereocenters. The Labute approximate surface area is 142 Å². The number of H-pyrrole nitrogens is 1. The molecule has 24 heavy (non-hydrogen) atoms. The van der Waals surface area contributed by atoms with Crippen LogP contribution in [0, 0.1) is 12.8 Å². The highest BCUT2D eigenvalue weighted by molar-refractivity contribution is 6.05. The van der Waals surface area contributed by atoms with Crippen LogP contribution < -0.4 is 5.32 Å². The second kappa shape index (κ2) is 6.67. The Bertz CT molecular complexity index is 740. The zero-order chi connectivity index (χ0) is 17.3. The average molecular weight is 328 g/mol. The Balaban J connectivity index is 1.67. The summed E-state index contributed by atoms with van der Waals surface area (Å²) < 4.78 is 5.01. The quantitative estimate of drug-likeness (QED) is 0.824. The van der Waals surface area contributed by atoms with Gasteiger partial charge in [0.25, 0.3) is 5.91 Å². The lowest BCUT2D eigenvalue weighted by Crippen LogP contribution is -2.14. The zero-order valence-electron chi connectivity index (χ0n) is 14.5. The molecule has 0 saturated heterocycles. The summed E-state index contributed by atoms with van der Waals surface area (Å²) in [5.41, 5.74) is 4.70. The minimum atomic E-state index is -0.377. The van der Waals surface area contributed by atoms with Crippen LogP contribution in [-0.4, -0.2) is 23.5 Å². The predicted molar refractivity (Wildman–Crippen MR) is 92.9 cm³/mol. The highest BCUT2D eigenvalue weighted by Gasteiger charge is 2.26. The maximum Gasteiger partial charge on any atom is 0.340 e. The Kier molecular flexibility index (Phi) is 4.60. The van der Waals surface area contributed by atoms with Crippen molar-refractivity contribution in [3.63, 3.8) is 0 Å². The average Bonchev–Trinajstić information content (AvgIpc) is 3.10. The lowest BCUT2D eigenvalue weighted by atomic mass is 9.86. The van der Waals surface area contributed by atoms with Gasteiger partial charge in [0.05, 0.1) is 12.2 Å². The van der Waals surface area contributed by atoms with Gasteiger partial charge in [-0.25, -0.2) is 4.79 Å². The molecule has 1 aromatic heterocycles. The van der Waals surface area contributed by atoms with Crippen LogP contribution >= 0.6 is 0 Å². The van der Waals surface area contributed by atoms with Crippen LogP contribution in [-0.2, 0) is 9.53 Å². The number of allylic oxidation sites excluding steroid dienone is 3. The van der Waals surface area contributed by atoms with Crippen LogP contribution in [0.5, 0.6) is 0 Å². The first-order valence-corrected chi connectivity index (χ1v) is 8.57. The summed E-state index contributed by atoms with van der Waals surface area (Å²) in [5, 5.41) is 2.87. The van der Waals surface area contributed by atoms with E-state index in [9.17, 15) is 9.59 Å². The molecule has 0 radical (unpaired) electrons. The van der Waals surface area contributed by atoms with Crippen molar-refractivity contribution in [3.8, 4) is 0 Å². The van der Waals surface area contributed by atoms with Crippen molar-refractivity contribution in [2.45, 2.75) is 46.5 Å². The Hall–Kier alpha value is -2.30. The number of rotatable bonds is 4. The van der Waals surface area contributed by atoms with Crippen LogP contribution in [0.3, 0.4) is 0 Å². The molecule has 3 rings (SSSR count). The van der Waals surface area contributed by atoms with Gasteiger partial charge in [-0.3, -0.25) is 4.79 Å². The van der Waals surface area contributed by atoms with Gasteiger partial charge in [0, 0.05) is 11.3 Å². The summed E-state index contributed by atoms with van der Waals surface area (Å²) in [6, 6.07) is 1.64. The summed E-state index contributed by atoms with van der Waals surface area (Å²) in [5.74, 6) is 0.743. The molecule has 0 fully saturated rings. The molecular weight excluding hydrogens is 304 g/mol. The number of anilines is 1. The molecule has 1 heterocycles. The third-order valence-corrected chi connectivity index (χ3v) is 4.76. The molecule has 5 nitrogen and oxygen atoms in total. The molecule has 1 unspecified atom stereocenters. The van der Waals surface area contributed by atoms with Crippen molar-refractivity contribution in [2.75, 3.05) is 11.9 Å². The van der Waals surface area contributed by atoms with Crippen molar-refractivity contribution in [1.82, 2.24) is 4.98 Å². The summed E-state index contributed by atoms with van der Waals surface area (Å²) in [6.45, 7) is 6.14. The molecule has 1 amide bonds. The Morgan fingerprint density at radius 1 is 1.42 bits per heavy atom. The SMILES string of the molecule is CCOC(=O)c1cc(NC(=O)C2=CC3=C(CCC(C)C3)C2)[nH]c1C. The zero-order valence-corrected chi connectivity index (χ0v) is 14.5. The van der Waals surface area contributed by atoms with Crippen molar-refractivity contribution < 1.29 is 14.3 Å². The largest absolute Gasteiger partial charge is 0.462 e. The number of esters is 1. The number of nitrogens with one attached hydrogen (secondary N) is 2. The Morgan fingerprint density at radius 2 is 2.21 bits per heavy atom. The Morgan fingerprint density at radius 3 is 2.96 bits per heavy atom. The molecule has 0 saturated carbocycles. The molecule has 2 N–H and O–H groups in total. The number of amides is 1. The third kappa shape index (κ3) is 3.30. The molecule has 2 aliphatic rings. The molecule has 128 valence electrons. The van der Waals surface area contributed by atoms with Gasteiger partial charge in [0.2, 0.25) is 0 Å². The minimum absolute atomic E-state index is 0.103. The summed E-state index contributed by atoms with van der Waals surface area (Å²) in [6.07, 6.45) is 6.17. The van der Waals surface area contributed by atoms with Gasteiger partial charge < -0.3 is 15.0 Å². The number of carbonyl (C=O) groups is 2. The molecule has 2 aliphatic carbocycles. The minimum Gasteiger partial charge on any atom is -0.462 e. The second-order valence-corrected chi connectivity index (χ2v) is 6.72. The number of hydrogen-bond acceptors (Lipinski definition) is 3. The van der Waals surface area contributed by atoms with E-state index in [0.717, 1.165) is 24.8 Å². The van der Waals surface area contributed by atoms with Gasteiger partial charge in [-0.15, -0.1) is 0 Å². The van der Waals surface area contributed by atoms with Gasteiger partial charge in [-0.1, -0.05) is 18.6 Å². The number of aromatic amines is 1. The molecule has 5 heteroatoms. The molecule has 0 bridgehead atoms. The van der Waals surface area contributed by atoms with Crippen LogP contribution in [0.4, 0.5) is 5.82 Å². The number of aryl methyl sites for hydroxylation is 1. The van der Waals surface area contributed by atoms with Crippen LogP contribution in [0.1, 0.15) is 55.6 Å². The van der Waals surface area contributed by atoms with E-state index in [2.05, 4.69) is 17.2 Å². The van der Waals surface area contributed by atoms with E-state index in [-0.39, 0.29) is 11.9 Å². The maximum atomic E-state index is 12.5. The van der Waals surface area contributed by atoms with Crippen molar-refractivity contribution in [2.24, 2.45) is 5.92 Å². The molecule has 0 aromatic carbocycles. The second-order valence-electron chi connectivity index (χ2n) is 6.72. The van der Waals surface area contributed by atoms with Crippen LogP contribution in [0.15, 0.2) is 28.9 Å². The molecule has 1 aromatic rings. The molecule has 0 aliphatic heterocycles. The maximum absolute atomic E-state index is 12.5. The van der Waals surface area contributed by atoms with E-state index >= 15 is 0 Å². The van der Waals surface area contributed by atoms with Crippen molar-refractivity contribution in [1.29, 1.82) is 0 Å². The highest BCUT2D eigenvalue weighted by atomic mass is 16.5. The fourth-order valence-electron chi connectivity index (χ4n) is 3.45. The fourth-order valence-corrected chi connectivity index (χ4v) is 3.45. The smallest absolute Gasteiger partial charge is 0.340 e. The molecular formula is C19H24N2O3. The van der Waals surface area contributed by atoms with E-state index in [0.29, 0.717) is 29.6 Å². The summed E-state index contributed by atoms with van der Waals surface area (Å²) in [7, 11) is 0. The fraction of sp³-hybridized carbons (Fsp3) is 0.474. The van der Waals surface area contributed by atoms with E-state index in [1.54, 1.807) is 19.9 Å². The lowest BCUT2D eigenvalue weighted by Gasteiger charge is -2.19. The van der Waals surface area contributed by atoms with Gasteiger partial charge in [-0.2, -0.15) is 0 Å². The topological polar surface area (TPSA) is 71.2 Å². The van der Waals surface area contributed by atoms with E-state index in [4.69, 9.17) is 4.74 Å². The standard InChI is InChI=1S/C19H24N2O3/c1-4-24-19(23)16-10-17(20-12(16)3)21-18(22)15-8-13-6-5-11(2)7-14(13)9-15/h9-11,20H,4-8H2,1-3H3,(H,21,22). The van der Waals surface area contributed by atoms with Crippen molar-refractivity contribution in [3.05, 3.63) is 40.1 Å². The lowest BCUT2D eigenvalue weighted by molar-refractivity contribution is -0.112. The summed E-state index contributed by atoms with van der Waals surface area (Å²) >= 11 is 0.